The largest absolute Gasteiger partial charge is 0.508 e. The molecule has 0 radical (unpaired) electrons. The van der Waals surface area contributed by atoms with Crippen LogP contribution in [0.4, 0.5) is 5.69 Å². The van der Waals surface area contributed by atoms with Gasteiger partial charge >= 0.3 is 0 Å². The number of carbonyl (C=O) groups excluding carboxylic acids is 1. The molecule has 0 aliphatic heterocycles. The molecule has 2 aromatic carbocycles. The van der Waals surface area contributed by atoms with Crippen LogP contribution in [0.15, 0.2) is 59.2 Å². The number of non-ortho nitro benzene ring substituents is 1. The number of phenols is 1. The molecule has 3 aromatic rings. The summed E-state index contributed by atoms with van der Waals surface area (Å²) in [5, 5.41) is 22.7. The Balaban J connectivity index is 1.50. The quantitative estimate of drug-likeness (QED) is 0.392. The fourth-order valence-corrected chi connectivity index (χ4v) is 2.73. The fraction of sp³-hybridized carbons (Fsp3) is 0.200. The third kappa shape index (κ3) is 5.39. The van der Waals surface area contributed by atoms with Gasteiger partial charge in [-0.1, -0.05) is 24.3 Å². The molecule has 1 amide bonds. The van der Waals surface area contributed by atoms with Crippen LogP contribution in [-0.2, 0) is 12.8 Å². The number of nitro groups is 1. The summed E-state index contributed by atoms with van der Waals surface area (Å²) in [5.41, 5.74) is 8.02. The number of benzene rings is 2. The molecule has 9 nitrogen and oxygen atoms in total. The van der Waals surface area contributed by atoms with Gasteiger partial charge in [-0.2, -0.15) is 0 Å². The lowest BCUT2D eigenvalue weighted by molar-refractivity contribution is -0.384. The molecule has 4 N–H and O–H groups in total. The Morgan fingerprint density at radius 2 is 1.83 bits per heavy atom. The Hall–Kier alpha value is -3.72. The Morgan fingerprint density at radius 1 is 1.17 bits per heavy atom. The lowest BCUT2D eigenvalue weighted by atomic mass is 10.1. The number of nitro benzene ring substituents is 1. The van der Waals surface area contributed by atoms with Crippen LogP contribution in [0.2, 0.25) is 0 Å². The molecule has 3 rings (SSSR count). The number of hydrogen-bond donors (Lipinski definition) is 3. The number of nitrogens with zero attached hydrogens (tertiary/aromatic N) is 2. The summed E-state index contributed by atoms with van der Waals surface area (Å²) in [6.07, 6.45) is 2.23. The van der Waals surface area contributed by atoms with Crippen molar-refractivity contribution in [2.75, 3.05) is 6.54 Å². The van der Waals surface area contributed by atoms with Crippen LogP contribution in [0.25, 0.3) is 0 Å². The zero-order valence-electron chi connectivity index (χ0n) is 15.4. The molecule has 150 valence electrons. The number of amides is 1. The summed E-state index contributed by atoms with van der Waals surface area (Å²) >= 11 is 0. The Kier molecular flexibility index (Phi) is 6.20. The summed E-state index contributed by atoms with van der Waals surface area (Å²) < 4.78 is 5.33. The first-order valence-electron chi connectivity index (χ1n) is 8.93. The highest BCUT2D eigenvalue weighted by molar-refractivity contribution is 5.91. The van der Waals surface area contributed by atoms with Gasteiger partial charge in [0.1, 0.15) is 12.0 Å². The van der Waals surface area contributed by atoms with Gasteiger partial charge in [0.05, 0.1) is 11.0 Å². The molecule has 29 heavy (non-hydrogen) atoms. The van der Waals surface area contributed by atoms with Crippen LogP contribution < -0.4 is 11.1 Å². The molecule has 0 saturated carbocycles. The minimum atomic E-state index is -0.527. The van der Waals surface area contributed by atoms with Crippen molar-refractivity contribution < 1.29 is 19.2 Å². The van der Waals surface area contributed by atoms with Gasteiger partial charge in [0.2, 0.25) is 5.89 Å². The van der Waals surface area contributed by atoms with E-state index in [9.17, 15) is 20.0 Å². The third-order valence-corrected chi connectivity index (χ3v) is 4.31. The molecular formula is C20H20N4O5. The van der Waals surface area contributed by atoms with Gasteiger partial charge in [0, 0.05) is 18.7 Å². The summed E-state index contributed by atoms with van der Waals surface area (Å²) in [6.45, 7) is 0.346. The van der Waals surface area contributed by atoms with E-state index in [-0.39, 0.29) is 23.0 Å². The third-order valence-electron chi connectivity index (χ3n) is 4.31. The van der Waals surface area contributed by atoms with Crippen LogP contribution in [0, 0.1) is 10.1 Å². The van der Waals surface area contributed by atoms with Gasteiger partial charge in [-0.05, 0) is 36.1 Å². The van der Waals surface area contributed by atoms with E-state index >= 15 is 0 Å². The SMILES string of the molecule is NC(Cc1ccc(O)cc1)c1nc(C(=O)NCCc2ccc([N+](=O)[O-])cc2)co1. The summed E-state index contributed by atoms with van der Waals surface area (Å²) in [6, 6.07) is 12.3. The summed E-state index contributed by atoms with van der Waals surface area (Å²) in [4.78, 5) is 26.6. The van der Waals surface area contributed by atoms with Crippen molar-refractivity contribution in [2.24, 2.45) is 5.73 Å². The van der Waals surface area contributed by atoms with E-state index in [0.717, 1.165) is 11.1 Å². The minimum absolute atomic E-state index is 0.0246. The second kappa shape index (κ2) is 8.98. The molecular weight excluding hydrogens is 376 g/mol. The fourth-order valence-electron chi connectivity index (χ4n) is 2.73. The molecule has 9 heteroatoms. The Labute approximate surface area is 166 Å². The molecule has 1 atom stereocenters. The number of phenolic OH excluding ortho intramolecular Hbond substituents is 1. The highest BCUT2D eigenvalue weighted by Gasteiger charge is 2.17. The number of nitrogens with one attached hydrogen (secondary N) is 1. The number of carbonyl (C=O) groups is 1. The van der Waals surface area contributed by atoms with Crippen LogP contribution in [-0.4, -0.2) is 27.5 Å². The van der Waals surface area contributed by atoms with Crippen molar-refractivity contribution >= 4 is 11.6 Å². The van der Waals surface area contributed by atoms with Crippen molar-refractivity contribution in [3.63, 3.8) is 0 Å². The number of rotatable bonds is 8. The topological polar surface area (TPSA) is 145 Å². The van der Waals surface area contributed by atoms with Gasteiger partial charge in [0.25, 0.3) is 11.6 Å². The van der Waals surface area contributed by atoms with Crippen molar-refractivity contribution in [1.82, 2.24) is 10.3 Å². The molecule has 1 aromatic heterocycles. The number of aromatic hydroxyl groups is 1. The average Bonchev–Trinajstić information content (AvgIpc) is 3.20. The van der Waals surface area contributed by atoms with E-state index in [0.29, 0.717) is 19.4 Å². The molecule has 0 aliphatic rings. The zero-order valence-corrected chi connectivity index (χ0v) is 15.4. The van der Waals surface area contributed by atoms with Crippen molar-refractivity contribution in [3.05, 3.63) is 87.6 Å². The van der Waals surface area contributed by atoms with Crippen molar-refractivity contribution in [1.29, 1.82) is 0 Å². The van der Waals surface area contributed by atoms with Crippen LogP contribution >= 0.6 is 0 Å². The standard InChI is InChI=1S/C20H20N4O5/c21-17(11-14-3-7-16(25)8-4-14)20-23-18(12-29-20)19(26)22-10-9-13-1-5-15(6-2-13)24(27)28/h1-8,12,17,25H,9-11,21H2,(H,22,26). The van der Waals surface area contributed by atoms with E-state index in [4.69, 9.17) is 10.2 Å². The maximum absolute atomic E-state index is 12.2. The predicted molar refractivity (Wildman–Crippen MR) is 104 cm³/mol. The molecule has 0 aliphatic carbocycles. The molecule has 0 spiro atoms. The van der Waals surface area contributed by atoms with E-state index in [1.807, 2.05) is 0 Å². The average molecular weight is 396 g/mol. The van der Waals surface area contributed by atoms with Crippen LogP contribution in [0.1, 0.15) is 33.5 Å². The first-order valence-corrected chi connectivity index (χ1v) is 8.93. The minimum Gasteiger partial charge on any atom is -0.508 e. The molecule has 0 saturated heterocycles. The second-order valence-corrected chi connectivity index (χ2v) is 6.48. The van der Waals surface area contributed by atoms with E-state index in [2.05, 4.69) is 10.3 Å². The number of nitrogens with two attached hydrogens (primary N) is 1. The molecule has 1 unspecified atom stereocenters. The van der Waals surface area contributed by atoms with E-state index < -0.39 is 16.9 Å². The highest BCUT2D eigenvalue weighted by atomic mass is 16.6. The van der Waals surface area contributed by atoms with E-state index in [1.165, 1.54) is 18.4 Å². The van der Waals surface area contributed by atoms with Crippen molar-refractivity contribution in [3.8, 4) is 5.75 Å². The molecule has 1 heterocycles. The highest BCUT2D eigenvalue weighted by Crippen LogP contribution is 2.18. The molecule has 0 fully saturated rings. The lowest BCUT2D eigenvalue weighted by Gasteiger charge is -2.07. The van der Waals surface area contributed by atoms with Gasteiger partial charge in [-0.25, -0.2) is 4.98 Å². The second-order valence-electron chi connectivity index (χ2n) is 6.48. The number of aromatic nitrogens is 1. The lowest BCUT2D eigenvalue weighted by Crippen LogP contribution is -2.26. The van der Waals surface area contributed by atoms with Crippen LogP contribution in [0.5, 0.6) is 5.75 Å². The summed E-state index contributed by atoms with van der Waals surface area (Å²) in [7, 11) is 0. The molecule has 0 bridgehead atoms. The van der Waals surface area contributed by atoms with Gasteiger partial charge in [-0.3, -0.25) is 14.9 Å². The van der Waals surface area contributed by atoms with Gasteiger partial charge in [-0.15, -0.1) is 0 Å². The number of hydrogen-bond acceptors (Lipinski definition) is 7. The Bertz CT molecular complexity index is 983. The number of oxazole rings is 1. The zero-order chi connectivity index (χ0) is 20.8. The monoisotopic (exact) mass is 396 g/mol. The van der Waals surface area contributed by atoms with Crippen molar-refractivity contribution in [2.45, 2.75) is 18.9 Å². The first kappa shape index (κ1) is 20.0. The van der Waals surface area contributed by atoms with Crippen LogP contribution in [0.3, 0.4) is 0 Å². The first-order chi connectivity index (χ1) is 13.9. The maximum Gasteiger partial charge on any atom is 0.273 e. The maximum atomic E-state index is 12.2. The van der Waals surface area contributed by atoms with E-state index in [1.54, 1.807) is 36.4 Å². The Morgan fingerprint density at radius 3 is 2.48 bits per heavy atom. The van der Waals surface area contributed by atoms with Gasteiger partial charge < -0.3 is 20.6 Å². The smallest absolute Gasteiger partial charge is 0.273 e. The van der Waals surface area contributed by atoms with Gasteiger partial charge in [0.15, 0.2) is 5.69 Å². The predicted octanol–water partition coefficient (Wildman–Crippen LogP) is 2.50. The summed E-state index contributed by atoms with van der Waals surface area (Å²) in [5.74, 6) is 0.0310. The normalized spacial score (nSPS) is 11.8.